The Kier molecular flexibility index (Phi) is 21.7. The minimum Gasteiger partial charge on any atom is -0.376 e. The Balaban J connectivity index is 0.00000216. The molecular formula is C58H72F4N10O7. The molecule has 0 bridgehead atoms. The summed E-state index contributed by atoms with van der Waals surface area (Å²) in [6.45, 7) is 9.44. The number of hydrogen-bond acceptors (Lipinski definition) is 12. The van der Waals surface area contributed by atoms with E-state index >= 15 is 4.39 Å². The smallest absolute Gasteiger partial charge is 0.376 e. The van der Waals surface area contributed by atoms with Gasteiger partial charge in [-0.15, -0.1) is 5.10 Å². The Morgan fingerprint density at radius 2 is 1.54 bits per heavy atom. The second-order valence-electron chi connectivity index (χ2n) is 20.3. The highest BCUT2D eigenvalue weighted by atomic mass is 19.4. The van der Waals surface area contributed by atoms with E-state index in [2.05, 4.69) is 32.0 Å². The van der Waals surface area contributed by atoms with Gasteiger partial charge in [0.15, 0.2) is 6.29 Å². The fraction of sp³-hybridized carbons (Fsp3) is 0.466. The van der Waals surface area contributed by atoms with Crippen LogP contribution in [0.1, 0.15) is 99.9 Å². The SMILES string of the molecule is C1CCC1.C=N/N=C\N(C)CCc1cccc(-n2cc3c(C(F)(F)F)cc(CN4CCC(OCCOCc5ccc(CN6CCN(c7cc(C(=O)N(C)C(C=O)CCC(=O)NC)c(C=O)cc7F)CC6)cc5)CC4)cn3c2=O)c1. The number of nitrogens with zero attached hydrogens (tertiary/aromatic N) is 9. The number of fused-ring (bicyclic) bond motifs is 1. The number of carbonyl (C=O) groups is 4. The van der Waals surface area contributed by atoms with E-state index < -0.39 is 35.2 Å². The third-order valence-corrected chi connectivity index (χ3v) is 14.7. The molecule has 3 aromatic carbocycles. The maximum Gasteiger partial charge on any atom is 0.418 e. The van der Waals surface area contributed by atoms with Crippen molar-refractivity contribution >= 4 is 48.6 Å². The number of amides is 2. The van der Waals surface area contributed by atoms with Gasteiger partial charge in [0.25, 0.3) is 5.91 Å². The van der Waals surface area contributed by atoms with Crippen molar-refractivity contribution in [2.75, 3.05) is 85.1 Å². The third-order valence-electron chi connectivity index (χ3n) is 14.7. The molecule has 3 aliphatic rings. The van der Waals surface area contributed by atoms with Gasteiger partial charge in [0, 0.05) is 111 Å². The minimum absolute atomic E-state index is 0.0181. The summed E-state index contributed by atoms with van der Waals surface area (Å²) in [5.41, 5.74) is 2.22. The molecule has 8 rings (SSSR count). The maximum atomic E-state index is 15.4. The molecule has 2 aromatic heterocycles. The van der Waals surface area contributed by atoms with Crippen LogP contribution < -0.4 is 15.9 Å². The molecule has 1 atom stereocenters. The number of rotatable bonds is 24. The van der Waals surface area contributed by atoms with E-state index in [1.807, 2.05) is 47.2 Å². The van der Waals surface area contributed by atoms with Gasteiger partial charge in [0.05, 0.1) is 60.0 Å². The Labute approximate surface area is 458 Å². The number of likely N-dealkylation sites (N-methyl/N-ethyl adjacent to an activating group) is 2. The quantitative estimate of drug-likeness (QED) is 0.0163. The van der Waals surface area contributed by atoms with Gasteiger partial charge >= 0.3 is 11.9 Å². The molecular weight excluding hydrogens is 1020 g/mol. The summed E-state index contributed by atoms with van der Waals surface area (Å²) in [6.07, 6.45) is 8.72. The molecule has 424 valence electrons. The number of ether oxygens (including phenoxy) is 2. The number of likely N-dealkylation sites (tertiary alicyclic amines) is 1. The molecule has 1 aliphatic carbocycles. The van der Waals surface area contributed by atoms with Crippen LogP contribution in [0.3, 0.4) is 0 Å². The van der Waals surface area contributed by atoms with E-state index in [0.29, 0.717) is 115 Å². The zero-order valence-electron chi connectivity index (χ0n) is 45.3. The molecule has 2 amide bonds. The number of piperazine rings is 1. The van der Waals surface area contributed by atoms with E-state index in [1.54, 1.807) is 24.5 Å². The van der Waals surface area contributed by atoms with Crippen molar-refractivity contribution in [3.8, 4) is 5.69 Å². The van der Waals surface area contributed by atoms with Crippen molar-refractivity contribution < 1.29 is 46.2 Å². The van der Waals surface area contributed by atoms with E-state index in [0.717, 1.165) is 33.2 Å². The van der Waals surface area contributed by atoms with Crippen molar-refractivity contribution in [3.63, 3.8) is 0 Å². The topological polar surface area (TPSA) is 166 Å². The minimum atomic E-state index is -4.68. The van der Waals surface area contributed by atoms with Crippen molar-refractivity contribution in [3.05, 3.63) is 134 Å². The van der Waals surface area contributed by atoms with Crippen LogP contribution in [0.5, 0.6) is 0 Å². The van der Waals surface area contributed by atoms with Crippen LogP contribution in [0.15, 0.2) is 94.1 Å². The molecule has 4 heterocycles. The number of nitrogens with one attached hydrogen (secondary N) is 1. The van der Waals surface area contributed by atoms with Gasteiger partial charge in [-0.1, -0.05) is 62.1 Å². The molecule has 1 unspecified atom stereocenters. The average molecular weight is 1100 g/mol. The summed E-state index contributed by atoms with van der Waals surface area (Å²) in [4.78, 5) is 71.8. The lowest BCUT2D eigenvalue weighted by Crippen LogP contribution is -2.46. The van der Waals surface area contributed by atoms with E-state index in [-0.39, 0.29) is 53.7 Å². The molecule has 21 heteroatoms. The summed E-state index contributed by atoms with van der Waals surface area (Å²) in [5.74, 6) is -1.53. The Bertz CT molecular complexity index is 2940. The molecule has 17 nitrogen and oxygen atoms in total. The van der Waals surface area contributed by atoms with Crippen molar-refractivity contribution in [1.82, 2.24) is 33.9 Å². The lowest BCUT2D eigenvalue weighted by Gasteiger charge is -2.36. The summed E-state index contributed by atoms with van der Waals surface area (Å²) in [6, 6.07) is 17.9. The van der Waals surface area contributed by atoms with Crippen LogP contribution in [-0.2, 0) is 51.4 Å². The second-order valence-corrected chi connectivity index (χ2v) is 20.3. The normalized spacial score (nSPS) is 15.8. The maximum absolute atomic E-state index is 15.4. The summed E-state index contributed by atoms with van der Waals surface area (Å²) in [7, 11) is 4.73. The molecule has 3 fully saturated rings. The summed E-state index contributed by atoms with van der Waals surface area (Å²) >= 11 is 0. The highest BCUT2D eigenvalue weighted by Crippen LogP contribution is 2.34. The molecule has 1 saturated carbocycles. The molecule has 5 aromatic rings. The first-order valence-corrected chi connectivity index (χ1v) is 26.9. The first-order valence-electron chi connectivity index (χ1n) is 26.9. The average Bonchev–Trinajstić information content (AvgIpc) is 3.91. The Morgan fingerprint density at radius 1 is 0.861 bits per heavy atom. The molecule has 79 heavy (non-hydrogen) atoms. The van der Waals surface area contributed by atoms with Crippen LogP contribution in [0.25, 0.3) is 11.2 Å². The molecule has 0 spiro atoms. The Morgan fingerprint density at radius 3 is 2.19 bits per heavy atom. The molecule has 1 N–H and O–H groups in total. The number of hydrogen-bond donors (Lipinski definition) is 1. The number of carbonyl (C=O) groups excluding carboxylic acids is 4. The number of piperidine rings is 1. The zero-order valence-corrected chi connectivity index (χ0v) is 45.3. The van der Waals surface area contributed by atoms with Gasteiger partial charge in [-0.2, -0.15) is 18.3 Å². The fourth-order valence-electron chi connectivity index (χ4n) is 9.65. The number of pyridine rings is 1. The number of halogens is 4. The van der Waals surface area contributed by atoms with E-state index in [1.165, 1.54) is 67.7 Å². The van der Waals surface area contributed by atoms with Crippen molar-refractivity contribution in [2.45, 2.75) is 95.8 Å². The standard InChI is InChI=1S/C54H64F4N10O7.C4H8/c1-59-51(71)13-12-44(35-70)63(4)52(72)46-29-49(48(55)28-42(46)34-69)66-22-20-65(21-23-66)30-39-8-10-40(11-9-39)36-74-24-25-75-45-15-18-64(19-16-45)31-41-27-47(54(56,57)58)50-33-67(53(73)68(50)32-41)43-7-5-6-38(26-43)14-17-62(3)37-61-60-2;1-2-4-3-1/h5-11,26-29,32-35,37,44-45H,2,12-25,30-31,36H2,1,3-4H3,(H,59,71);1-4H2/b61-37-;. The third kappa shape index (κ3) is 16.5. The largest absolute Gasteiger partial charge is 0.418 e. The highest BCUT2D eigenvalue weighted by Gasteiger charge is 2.35. The number of aldehydes is 2. The summed E-state index contributed by atoms with van der Waals surface area (Å²) < 4.78 is 73.3. The number of aromatic nitrogens is 2. The number of imidazole rings is 1. The summed E-state index contributed by atoms with van der Waals surface area (Å²) in [5, 5.41) is 9.70. The zero-order chi connectivity index (χ0) is 56.5. The van der Waals surface area contributed by atoms with Crippen LogP contribution in [0.2, 0.25) is 0 Å². The number of benzene rings is 3. The predicted octanol–water partition coefficient (Wildman–Crippen LogP) is 7.42. The second kappa shape index (κ2) is 28.7. The molecule has 2 aliphatic heterocycles. The van der Waals surface area contributed by atoms with Gasteiger partial charge in [-0.05, 0) is 78.3 Å². The first kappa shape index (κ1) is 59.6. The van der Waals surface area contributed by atoms with Crippen LogP contribution in [0.4, 0.5) is 23.2 Å². The lowest BCUT2D eigenvalue weighted by molar-refractivity contribution is -0.136. The first-order chi connectivity index (χ1) is 38.1. The van der Waals surface area contributed by atoms with Crippen LogP contribution in [-0.4, -0.2) is 158 Å². The number of alkyl halides is 3. The highest BCUT2D eigenvalue weighted by molar-refractivity contribution is 6.03. The molecule has 2 saturated heterocycles. The van der Waals surface area contributed by atoms with Crippen molar-refractivity contribution in [1.29, 1.82) is 0 Å². The van der Waals surface area contributed by atoms with Crippen molar-refractivity contribution in [2.24, 2.45) is 10.2 Å². The van der Waals surface area contributed by atoms with Gasteiger partial charge in [0.2, 0.25) is 5.91 Å². The van der Waals surface area contributed by atoms with Gasteiger partial charge in [-0.3, -0.25) is 33.2 Å². The lowest BCUT2D eigenvalue weighted by atomic mass is 10.0. The predicted molar refractivity (Wildman–Crippen MR) is 296 cm³/mol. The number of anilines is 1. The Hall–Kier alpha value is -7.07. The van der Waals surface area contributed by atoms with E-state index in [9.17, 15) is 37.1 Å². The monoisotopic (exact) mass is 1100 g/mol. The van der Waals surface area contributed by atoms with Crippen LogP contribution in [0, 0.1) is 5.82 Å². The van der Waals surface area contributed by atoms with Gasteiger partial charge in [0.1, 0.15) is 18.4 Å². The molecule has 0 radical (unpaired) electrons. The van der Waals surface area contributed by atoms with E-state index in [4.69, 9.17) is 9.47 Å². The van der Waals surface area contributed by atoms with Gasteiger partial charge < -0.3 is 34.3 Å². The van der Waals surface area contributed by atoms with Gasteiger partial charge in [-0.25, -0.2) is 9.18 Å². The van der Waals surface area contributed by atoms with Crippen LogP contribution >= 0.6 is 0 Å². The fourth-order valence-corrected chi connectivity index (χ4v) is 9.65.